The molecule has 3 heterocycles. The molecule has 114 valence electrons. The van der Waals surface area contributed by atoms with Crippen LogP contribution >= 0.6 is 0 Å². The number of imidazole rings is 1. The summed E-state index contributed by atoms with van der Waals surface area (Å²) in [6.45, 7) is 2.72. The van der Waals surface area contributed by atoms with E-state index in [2.05, 4.69) is 42.6 Å². The van der Waals surface area contributed by atoms with Crippen LogP contribution in [0, 0.1) is 6.92 Å². The Hall–Kier alpha value is -3.22. The van der Waals surface area contributed by atoms with Gasteiger partial charge in [0.2, 0.25) is 0 Å². The number of benzene rings is 1. The largest absolute Gasteiger partial charge is 0.338 e. The van der Waals surface area contributed by atoms with E-state index in [0.717, 1.165) is 29.0 Å². The molecule has 0 aliphatic heterocycles. The molecule has 2 N–H and O–H groups in total. The van der Waals surface area contributed by atoms with Gasteiger partial charge in [-0.2, -0.15) is 5.10 Å². The zero-order valence-electron chi connectivity index (χ0n) is 12.6. The molecule has 0 atom stereocenters. The van der Waals surface area contributed by atoms with Gasteiger partial charge in [-0.05, 0) is 24.6 Å². The summed E-state index contributed by atoms with van der Waals surface area (Å²) in [6, 6.07) is 8.19. The lowest BCUT2D eigenvalue weighted by Crippen LogP contribution is -1.99. The van der Waals surface area contributed by atoms with E-state index in [4.69, 9.17) is 0 Å². The number of aromatic amines is 1. The van der Waals surface area contributed by atoms with Crippen LogP contribution in [0.25, 0.3) is 11.0 Å². The summed E-state index contributed by atoms with van der Waals surface area (Å²) in [5, 5.41) is 10.5. The number of fused-ring (bicyclic) bond motifs is 1. The summed E-state index contributed by atoms with van der Waals surface area (Å²) < 4.78 is 2.03. The van der Waals surface area contributed by atoms with Crippen molar-refractivity contribution in [3.05, 3.63) is 60.6 Å². The molecule has 7 heteroatoms. The fourth-order valence-corrected chi connectivity index (χ4v) is 2.52. The van der Waals surface area contributed by atoms with Crippen molar-refractivity contribution in [3.63, 3.8) is 0 Å². The van der Waals surface area contributed by atoms with Gasteiger partial charge in [0.15, 0.2) is 11.3 Å². The van der Waals surface area contributed by atoms with Gasteiger partial charge in [0.05, 0.1) is 12.0 Å². The quantitative estimate of drug-likeness (QED) is 0.605. The van der Waals surface area contributed by atoms with Crippen LogP contribution < -0.4 is 5.32 Å². The molecule has 0 aliphatic rings. The zero-order valence-corrected chi connectivity index (χ0v) is 12.6. The van der Waals surface area contributed by atoms with Gasteiger partial charge < -0.3 is 9.88 Å². The van der Waals surface area contributed by atoms with Crippen molar-refractivity contribution in [1.82, 2.24) is 29.7 Å². The molecule has 0 fully saturated rings. The molecule has 0 spiro atoms. The van der Waals surface area contributed by atoms with Gasteiger partial charge in [-0.25, -0.2) is 15.0 Å². The summed E-state index contributed by atoms with van der Waals surface area (Å²) in [4.78, 5) is 12.6. The normalized spacial score (nSPS) is 11.0. The number of aromatic nitrogens is 6. The lowest BCUT2D eigenvalue weighted by molar-refractivity contribution is 0.797. The number of aryl methyl sites for hydroxylation is 1. The average Bonchev–Trinajstić information content (AvgIpc) is 3.19. The Balaban J connectivity index is 1.63. The predicted octanol–water partition coefficient (Wildman–Crippen LogP) is 2.65. The van der Waals surface area contributed by atoms with Crippen molar-refractivity contribution in [2.75, 3.05) is 5.32 Å². The first-order chi connectivity index (χ1) is 11.3. The molecule has 0 unspecified atom stereocenters. The molecule has 7 nitrogen and oxygen atoms in total. The minimum atomic E-state index is 0.694. The first-order valence-corrected chi connectivity index (χ1v) is 7.27. The molecule has 23 heavy (non-hydrogen) atoms. The molecule has 4 aromatic rings. The van der Waals surface area contributed by atoms with Gasteiger partial charge >= 0.3 is 0 Å². The highest BCUT2D eigenvalue weighted by atomic mass is 15.2. The van der Waals surface area contributed by atoms with Crippen LogP contribution in [0.5, 0.6) is 0 Å². The monoisotopic (exact) mass is 305 g/mol. The van der Waals surface area contributed by atoms with Crippen molar-refractivity contribution < 1.29 is 0 Å². The maximum atomic E-state index is 4.30. The van der Waals surface area contributed by atoms with Gasteiger partial charge in [0.1, 0.15) is 11.8 Å². The second kappa shape index (κ2) is 5.53. The van der Waals surface area contributed by atoms with Crippen molar-refractivity contribution in [2.24, 2.45) is 0 Å². The van der Waals surface area contributed by atoms with Crippen molar-refractivity contribution in [3.8, 4) is 0 Å². The Labute approximate surface area is 132 Å². The number of rotatable bonds is 4. The summed E-state index contributed by atoms with van der Waals surface area (Å²) in [7, 11) is 0. The fourth-order valence-electron chi connectivity index (χ4n) is 2.52. The highest BCUT2D eigenvalue weighted by Gasteiger charge is 2.09. The zero-order chi connectivity index (χ0) is 15.6. The van der Waals surface area contributed by atoms with Crippen LogP contribution in [0.1, 0.15) is 11.3 Å². The third-order valence-electron chi connectivity index (χ3n) is 3.63. The lowest BCUT2D eigenvalue weighted by Gasteiger charge is -2.08. The third-order valence-corrected chi connectivity index (χ3v) is 3.63. The SMILES string of the molecule is Cc1[nH]nc2c(Nc3cccc(Cn4ccnc4)c3)ncnc12. The van der Waals surface area contributed by atoms with E-state index in [9.17, 15) is 0 Å². The van der Waals surface area contributed by atoms with Crippen LogP contribution in [0.15, 0.2) is 49.3 Å². The number of anilines is 2. The number of hydrogen-bond donors (Lipinski definition) is 2. The minimum absolute atomic E-state index is 0.694. The predicted molar refractivity (Wildman–Crippen MR) is 87.5 cm³/mol. The fraction of sp³-hybridized carbons (Fsp3) is 0.125. The second-order valence-corrected chi connectivity index (χ2v) is 5.33. The molecule has 0 amide bonds. The van der Waals surface area contributed by atoms with E-state index in [-0.39, 0.29) is 0 Å². The van der Waals surface area contributed by atoms with Crippen molar-refractivity contribution in [2.45, 2.75) is 13.5 Å². The molecule has 0 aliphatic carbocycles. The Morgan fingerprint density at radius 1 is 1.22 bits per heavy atom. The van der Waals surface area contributed by atoms with Crippen LogP contribution in [-0.2, 0) is 6.54 Å². The Kier molecular flexibility index (Phi) is 3.23. The molecule has 0 bridgehead atoms. The highest BCUT2D eigenvalue weighted by molar-refractivity contribution is 5.88. The Morgan fingerprint density at radius 3 is 3.04 bits per heavy atom. The van der Waals surface area contributed by atoms with Crippen LogP contribution in [0.3, 0.4) is 0 Å². The molecule has 4 rings (SSSR count). The van der Waals surface area contributed by atoms with E-state index in [0.29, 0.717) is 5.82 Å². The Morgan fingerprint density at radius 2 is 2.17 bits per heavy atom. The first kappa shape index (κ1) is 13.4. The van der Waals surface area contributed by atoms with Crippen molar-refractivity contribution in [1.29, 1.82) is 0 Å². The second-order valence-electron chi connectivity index (χ2n) is 5.33. The smallest absolute Gasteiger partial charge is 0.162 e. The number of hydrogen-bond acceptors (Lipinski definition) is 5. The first-order valence-electron chi connectivity index (χ1n) is 7.27. The maximum Gasteiger partial charge on any atom is 0.162 e. The summed E-state index contributed by atoms with van der Waals surface area (Å²) in [6.07, 6.45) is 7.07. The standard InChI is InChI=1S/C16H15N7/c1-11-14-15(22-21-11)16(19-9-18-14)20-13-4-2-3-12(7-13)8-23-6-5-17-10-23/h2-7,9-10H,8H2,1H3,(H,21,22)(H,18,19,20). The van der Waals surface area contributed by atoms with E-state index >= 15 is 0 Å². The van der Waals surface area contributed by atoms with Gasteiger partial charge in [-0.3, -0.25) is 5.10 Å². The molecule has 1 aromatic carbocycles. The van der Waals surface area contributed by atoms with Gasteiger partial charge in [0, 0.05) is 24.6 Å². The lowest BCUT2D eigenvalue weighted by atomic mass is 10.2. The molecular weight excluding hydrogens is 290 g/mol. The molecule has 0 saturated heterocycles. The summed E-state index contributed by atoms with van der Waals surface area (Å²) >= 11 is 0. The number of H-pyrrole nitrogens is 1. The Bertz CT molecular complexity index is 940. The maximum absolute atomic E-state index is 4.30. The number of nitrogens with one attached hydrogen (secondary N) is 2. The van der Waals surface area contributed by atoms with Crippen LogP contribution in [-0.4, -0.2) is 29.7 Å². The molecule has 3 aromatic heterocycles. The van der Waals surface area contributed by atoms with E-state index in [1.54, 1.807) is 18.9 Å². The summed E-state index contributed by atoms with van der Waals surface area (Å²) in [5.74, 6) is 0.694. The highest BCUT2D eigenvalue weighted by Crippen LogP contribution is 2.23. The van der Waals surface area contributed by atoms with Crippen LogP contribution in [0.2, 0.25) is 0 Å². The van der Waals surface area contributed by atoms with Gasteiger partial charge in [0.25, 0.3) is 0 Å². The third kappa shape index (κ3) is 2.64. The van der Waals surface area contributed by atoms with Crippen LogP contribution in [0.4, 0.5) is 11.5 Å². The van der Waals surface area contributed by atoms with E-state index < -0.39 is 0 Å². The molecule has 0 radical (unpaired) electrons. The van der Waals surface area contributed by atoms with Gasteiger partial charge in [-0.1, -0.05) is 12.1 Å². The van der Waals surface area contributed by atoms with E-state index in [1.165, 1.54) is 5.56 Å². The van der Waals surface area contributed by atoms with E-state index in [1.807, 2.05) is 29.8 Å². The topological polar surface area (TPSA) is 84.3 Å². The van der Waals surface area contributed by atoms with Gasteiger partial charge in [-0.15, -0.1) is 0 Å². The number of nitrogens with zero attached hydrogens (tertiary/aromatic N) is 5. The minimum Gasteiger partial charge on any atom is -0.338 e. The molecular formula is C16H15N7. The average molecular weight is 305 g/mol. The summed E-state index contributed by atoms with van der Waals surface area (Å²) in [5.41, 5.74) is 4.64. The molecule has 0 saturated carbocycles. The van der Waals surface area contributed by atoms with Crippen molar-refractivity contribution >= 4 is 22.5 Å².